The molecule has 1 aromatic rings. The molecule has 4 nitrogen and oxygen atoms in total. The number of hydrogen-bond acceptors (Lipinski definition) is 3. The second-order valence-corrected chi connectivity index (χ2v) is 8.13. The minimum Gasteiger partial charge on any atom is -0.303 e. The van der Waals surface area contributed by atoms with Gasteiger partial charge >= 0.3 is 0 Å². The molecule has 110 valence electrons. The van der Waals surface area contributed by atoms with Crippen LogP contribution in [0.1, 0.15) is 18.4 Å². The fraction of sp³-hybridized carbons (Fsp3) is 0.571. The molecule has 2 saturated heterocycles. The molecule has 0 radical (unpaired) electrons. The number of rotatable bonds is 3. The van der Waals surface area contributed by atoms with Gasteiger partial charge in [-0.2, -0.15) is 4.31 Å². The Morgan fingerprint density at radius 1 is 1.15 bits per heavy atom. The Balaban J connectivity index is 1.80. The van der Waals surface area contributed by atoms with Crippen LogP contribution < -0.4 is 0 Å². The van der Waals surface area contributed by atoms with Gasteiger partial charge in [-0.05, 0) is 37.6 Å². The third-order valence-electron chi connectivity index (χ3n) is 4.18. The average molecular weight is 315 g/mol. The van der Waals surface area contributed by atoms with Crippen LogP contribution in [0.5, 0.6) is 0 Å². The van der Waals surface area contributed by atoms with Gasteiger partial charge in [-0.15, -0.1) is 0 Å². The standard InChI is InChI=1S/C14H19ClN2O2S/c1-16-8-13-6-7-14(9-16)17(13)20(18,19)10-11-2-4-12(15)5-3-11/h2-5,13-14H,6-10H2,1H3. The van der Waals surface area contributed by atoms with Crippen molar-refractivity contribution in [1.29, 1.82) is 0 Å². The summed E-state index contributed by atoms with van der Waals surface area (Å²) in [7, 11) is -1.18. The van der Waals surface area contributed by atoms with Crippen molar-refractivity contribution in [1.82, 2.24) is 9.21 Å². The van der Waals surface area contributed by atoms with Crippen molar-refractivity contribution >= 4 is 21.6 Å². The maximum atomic E-state index is 12.7. The van der Waals surface area contributed by atoms with Gasteiger partial charge in [0.2, 0.25) is 10.0 Å². The van der Waals surface area contributed by atoms with Gasteiger partial charge < -0.3 is 4.90 Å². The molecule has 2 unspecified atom stereocenters. The van der Waals surface area contributed by atoms with Gasteiger partial charge in [-0.1, -0.05) is 23.7 Å². The Morgan fingerprint density at radius 3 is 2.25 bits per heavy atom. The van der Waals surface area contributed by atoms with Crippen molar-refractivity contribution in [3.05, 3.63) is 34.9 Å². The predicted molar refractivity (Wildman–Crippen MR) is 80.2 cm³/mol. The molecule has 0 spiro atoms. The molecule has 0 N–H and O–H groups in total. The SMILES string of the molecule is CN1CC2CCC(C1)N2S(=O)(=O)Cc1ccc(Cl)cc1. The Hall–Kier alpha value is -0.620. The molecular formula is C14H19ClN2O2S. The summed E-state index contributed by atoms with van der Waals surface area (Å²) in [6, 6.07) is 7.36. The van der Waals surface area contributed by atoms with E-state index in [1.807, 2.05) is 0 Å². The molecule has 2 fully saturated rings. The van der Waals surface area contributed by atoms with Crippen LogP contribution >= 0.6 is 11.6 Å². The maximum absolute atomic E-state index is 12.7. The molecule has 0 aromatic heterocycles. The fourth-order valence-electron chi connectivity index (χ4n) is 3.40. The lowest BCUT2D eigenvalue weighted by atomic mass is 10.2. The largest absolute Gasteiger partial charge is 0.303 e. The van der Waals surface area contributed by atoms with E-state index in [1.54, 1.807) is 28.6 Å². The Morgan fingerprint density at radius 2 is 1.70 bits per heavy atom. The van der Waals surface area contributed by atoms with Gasteiger partial charge in [0, 0.05) is 30.2 Å². The van der Waals surface area contributed by atoms with Crippen molar-refractivity contribution in [2.75, 3.05) is 20.1 Å². The minimum atomic E-state index is -3.24. The fourth-order valence-corrected chi connectivity index (χ4v) is 5.54. The van der Waals surface area contributed by atoms with E-state index in [0.717, 1.165) is 31.5 Å². The number of halogens is 1. The Labute approximate surface area is 125 Å². The molecule has 0 aliphatic carbocycles. The third-order valence-corrected chi connectivity index (χ3v) is 6.37. The molecule has 2 aliphatic heterocycles. The summed E-state index contributed by atoms with van der Waals surface area (Å²) >= 11 is 5.84. The number of likely N-dealkylation sites (tertiary alicyclic amines) is 1. The predicted octanol–water partition coefficient (Wildman–Crippen LogP) is 1.95. The lowest BCUT2D eigenvalue weighted by Crippen LogP contribution is -2.54. The van der Waals surface area contributed by atoms with Crippen LogP contribution in [0.4, 0.5) is 0 Å². The normalized spacial score (nSPS) is 27.9. The zero-order chi connectivity index (χ0) is 14.3. The summed E-state index contributed by atoms with van der Waals surface area (Å²) in [4.78, 5) is 2.23. The summed E-state index contributed by atoms with van der Waals surface area (Å²) in [6.07, 6.45) is 1.96. The van der Waals surface area contributed by atoms with Gasteiger partial charge in [0.25, 0.3) is 0 Å². The number of piperazine rings is 1. The molecule has 6 heteroatoms. The van der Waals surface area contributed by atoms with E-state index < -0.39 is 10.0 Å². The first-order valence-electron chi connectivity index (χ1n) is 6.90. The van der Waals surface area contributed by atoms with Crippen molar-refractivity contribution in [3.8, 4) is 0 Å². The monoisotopic (exact) mass is 314 g/mol. The van der Waals surface area contributed by atoms with Gasteiger partial charge in [-0.3, -0.25) is 0 Å². The first-order chi connectivity index (χ1) is 9.45. The minimum absolute atomic E-state index is 0.0703. The van der Waals surface area contributed by atoms with E-state index in [0.29, 0.717) is 5.02 Å². The number of likely N-dealkylation sites (N-methyl/N-ethyl adjacent to an activating group) is 1. The first kappa shape index (κ1) is 14.3. The number of fused-ring (bicyclic) bond motifs is 2. The van der Waals surface area contributed by atoms with Crippen molar-refractivity contribution in [3.63, 3.8) is 0 Å². The maximum Gasteiger partial charge on any atom is 0.218 e. The molecule has 1 aromatic carbocycles. The van der Waals surface area contributed by atoms with Crippen LogP contribution in [0.2, 0.25) is 5.02 Å². The number of sulfonamides is 1. The molecule has 2 aliphatic rings. The highest BCUT2D eigenvalue weighted by Crippen LogP contribution is 2.33. The Kier molecular flexibility index (Phi) is 3.79. The third kappa shape index (κ3) is 2.72. The van der Waals surface area contributed by atoms with E-state index in [2.05, 4.69) is 11.9 Å². The van der Waals surface area contributed by atoms with Crippen LogP contribution in [-0.4, -0.2) is 49.8 Å². The van der Waals surface area contributed by atoms with Gasteiger partial charge in [0.1, 0.15) is 0 Å². The topological polar surface area (TPSA) is 40.6 Å². The number of nitrogens with zero attached hydrogens (tertiary/aromatic N) is 2. The van der Waals surface area contributed by atoms with Crippen LogP contribution in [0.25, 0.3) is 0 Å². The van der Waals surface area contributed by atoms with Crippen molar-refractivity contribution in [2.24, 2.45) is 0 Å². The molecule has 0 saturated carbocycles. The molecule has 2 heterocycles. The van der Waals surface area contributed by atoms with Gasteiger partial charge in [-0.25, -0.2) is 8.42 Å². The van der Waals surface area contributed by atoms with Crippen LogP contribution in [0.15, 0.2) is 24.3 Å². The quantitative estimate of drug-likeness (QED) is 0.856. The summed E-state index contributed by atoms with van der Waals surface area (Å²) in [6.45, 7) is 1.69. The van der Waals surface area contributed by atoms with E-state index in [9.17, 15) is 8.42 Å². The summed E-state index contributed by atoms with van der Waals surface area (Å²) in [5.41, 5.74) is 0.799. The van der Waals surface area contributed by atoms with Gasteiger partial charge in [0.15, 0.2) is 0 Å². The van der Waals surface area contributed by atoms with Crippen molar-refractivity contribution in [2.45, 2.75) is 30.7 Å². The average Bonchev–Trinajstić information content (AvgIpc) is 2.66. The number of hydrogen-bond donors (Lipinski definition) is 0. The summed E-state index contributed by atoms with van der Waals surface area (Å²) in [5, 5.41) is 0.630. The molecule has 20 heavy (non-hydrogen) atoms. The molecule has 2 bridgehead atoms. The zero-order valence-corrected chi connectivity index (χ0v) is 13.1. The Bertz CT molecular complexity index is 574. The van der Waals surface area contributed by atoms with Crippen LogP contribution in [0.3, 0.4) is 0 Å². The smallest absolute Gasteiger partial charge is 0.218 e. The van der Waals surface area contributed by atoms with E-state index in [1.165, 1.54) is 0 Å². The lowest BCUT2D eigenvalue weighted by Gasteiger charge is -2.38. The van der Waals surface area contributed by atoms with E-state index >= 15 is 0 Å². The summed E-state index contributed by atoms with van der Waals surface area (Å²) < 4.78 is 27.1. The molecular weight excluding hydrogens is 296 g/mol. The van der Waals surface area contributed by atoms with E-state index in [4.69, 9.17) is 11.6 Å². The van der Waals surface area contributed by atoms with Crippen LogP contribution in [0, 0.1) is 0 Å². The van der Waals surface area contributed by atoms with Crippen LogP contribution in [-0.2, 0) is 15.8 Å². The number of benzene rings is 1. The molecule has 3 rings (SSSR count). The van der Waals surface area contributed by atoms with Crippen molar-refractivity contribution < 1.29 is 8.42 Å². The summed E-state index contributed by atoms with van der Waals surface area (Å²) in [5.74, 6) is 0.0703. The highest BCUT2D eigenvalue weighted by atomic mass is 35.5. The highest BCUT2D eigenvalue weighted by Gasteiger charge is 2.45. The zero-order valence-electron chi connectivity index (χ0n) is 11.5. The second-order valence-electron chi connectivity index (χ2n) is 5.82. The molecule has 2 atom stereocenters. The second kappa shape index (κ2) is 5.30. The highest BCUT2D eigenvalue weighted by molar-refractivity contribution is 7.88. The van der Waals surface area contributed by atoms with E-state index in [-0.39, 0.29) is 17.8 Å². The van der Waals surface area contributed by atoms with Gasteiger partial charge in [0.05, 0.1) is 5.75 Å². The first-order valence-corrected chi connectivity index (χ1v) is 8.88. The lowest BCUT2D eigenvalue weighted by molar-refractivity contribution is 0.154. The molecule has 0 amide bonds.